The lowest BCUT2D eigenvalue weighted by Crippen LogP contribution is -2.17. The molecule has 1 saturated heterocycles. The van der Waals surface area contributed by atoms with E-state index >= 15 is 0 Å². The van der Waals surface area contributed by atoms with Gasteiger partial charge in [0.25, 0.3) is 0 Å². The fourth-order valence-electron chi connectivity index (χ4n) is 2.26. The largest absolute Gasteiger partial charge is 0.492 e. The molecule has 20 heavy (non-hydrogen) atoms. The SMILES string of the molecule is NCCOc1cccc(-c2nnc(N3CCCC3)o2)c1. The number of aromatic nitrogens is 2. The summed E-state index contributed by atoms with van der Waals surface area (Å²) >= 11 is 0. The summed E-state index contributed by atoms with van der Waals surface area (Å²) in [4.78, 5) is 2.12. The van der Waals surface area contributed by atoms with Gasteiger partial charge in [0.1, 0.15) is 12.4 Å². The maximum atomic E-state index is 5.74. The summed E-state index contributed by atoms with van der Waals surface area (Å²) in [5.41, 5.74) is 6.29. The molecule has 0 atom stereocenters. The minimum absolute atomic E-state index is 0.490. The van der Waals surface area contributed by atoms with Gasteiger partial charge in [0.15, 0.2) is 0 Å². The molecular formula is C14H18N4O2. The molecule has 0 spiro atoms. The van der Waals surface area contributed by atoms with Crippen LogP contribution in [0.25, 0.3) is 11.5 Å². The van der Waals surface area contributed by atoms with E-state index in [-0.39, 0.29) is 0 Å². The minimum Gasteiger partial charge on any atom is -0.492 e. The Morgan fingerprint density at radius 3 is 2.90 bits per heavy atom. The van der Waals surface area contributed by atoms with Crippen molar-refractivity contribution in [3.8, 4) is 17.2 Å². The second-order valence-electron chi connectivity index (χ2n) is 4.75. The third-order valence-electron chi connectivity index (χ3n) is 3.26. The monoisotopic (exact) mass is 274 g/mol. The Labute approximate surface area is 117 Å². The van der Waals surface area contributed by atoms with E-state index in [0.29, 0.717) is 25.1 Å². The molecule has 0 radical (unpaired) electrons. The van der Waals surface area contributed by atoms with Gasteiger partial charge in [-0.05, 0) is 31.0 Å². The fraction of sp³-hybridized carbons (Fsp3) is 0.429. The molecule has 1 aromatic carbocycles. The van der Waals surface area contributed by atoms with E-state index in [1.807, 2.05) is 24.3 Å². The van der Waals surface area contributed by atoms with Crippen LogP contribution in [0.5, 0.6) is 5.75 Å². The Morgan fingerprint density at radius 1 is 1.25 bits per heavy atom. The highest BCUT2D eigenvalue weighted by Crippen LogP contribution is 2.26. The van der Waals surface area contributed by atoms with Gasteiger partial charge < -0.3 is 19.8 Å². The highest BCUT2D eigenvalue weighted by atomic mass is 16.5. The molecule has 6 nitrogen and oxygen atoms in total. The quantitative estimate of drug-likeness (QED) is 0.893. The second kappa shape index (κ2) is 5.92. The van der Waals surface area contributed by atoms with Crippen LogP contribution in [0.3, 0.4) is 0 Å². The number of hydrogen-bond donors (Lipinski definition) is 1. The van der Waals surface area contributed by atoms with Gasteiger partial charge in [-0.3, -0.25) is 0 Å². The normalized spacial score (nSPS) is 14.8. The summed E-state index contributed by atoms with van der Waals surface area (Å²) < 4.78 is 11.2. The van der Waals surface area contributed by atoms with Crippen molar-refractivity contribution in [2.45, 2.75) is 12.8 Å². The Hall–Kier alpha value is -2.08. The van der Waals surface area contributed by atoms with Crippen molar-refractivity contribution in [1.82, 2.24) is 10.2 Å². The zero-order valence-electron chi connectivity index (χ0n) is 11.3. The molecule has 1 aromatic heterocycles. The third kappa shape index (κ3) is 2.75. The van der Waals surface area contributed by atoms with E-state index in [0.717, 1.165) is 24.4 Å². The molecule has 2 N–H and O–H groups in total. The van der Waals surface area contributed by atoms with Gasteiger partial charge in [-0.25, -0.2) is 0 Å². The highest BCUT2D eigenvalue weighted by molar-refractivity contribution is 5.56. The molecule has 0 bridgehead atoms. The molecule has 3 rings (SSSR count). The number of hydrogen-bond acceptors (Lipinski definition) is 6. The van der Waals surface area contributed by atoms with Gasteiger partial charge in [-0.15, -0.1) is 5.10 Å². The standard InChI is InChI=1S/C14H18N4O2/c15-6-9-19-12-5-3-4-11(10-12)13-16-17-14(20-13)18-7-1-2-8-18/h3-5,10H,1-2,6-9,15H2. The molecule has 0 aliphatic carbocycles. The van der Waals surface area contributed by atoms with Crippen molar-refractivity contribution in [1.29, 1.82) is 0 Å². The van der Waals surface area contributed by atoms with Crippen LogP contribution in [0.2, 0.25) is 0 Å². The Balaban J connectivity index is 1.78. The van der Waals surface area contributed by atoms with Crippen LogP contribution in [-0.4, -0.2) is 36.4 Å². The maximum absolute atomic E-state index is 5.74. The van der Waals surface area contributed by atoms with Crippen LogP contribution in [-0.2, 0) is 0 Å². The van der Waals surface area contributed by atoms with Gasteiger partial charge in [0, 0.05) is 25.2 Å². The van der Waals surface area contributed by atoms with Crippen molar-refractivity contribution in [2.75, 3.05) is 31.1 Å². The van der Waals surface area contributed by atoms with Gasteiger partial charge in [0.2, 0.25) is 5.89 Å². The molecule has 2 aromatic rings. The number of benzene rings is 1. The van der Waals surface area contributed by atoms with Crippen LogP contribution >= 0.6 is 0 Å². The molecular weight excluding hydrogens is 256 g/mol. The molecule has 0 saturated carbocycles. The molecule has 1 aliphatic heterocycles. The number of ether oxygens (including phenoxy) is 1. The number of rotatable bonds is 5. The predicted molar refractivity (Wildman–Crippen MR) is 75.7 cm³/mol. The Morgan fingerprint density at radius 2 is 2.10 bits per heavy atom. The predicted octanol–water partition coefficient (Wildman–Crippen LogP) is 1.67. The van der Waals surface area contributed by atoms with E-state index in [4.69, 9.17) is 14.9 Å². The van der Waals surface area contributed by atoms with Crippen LogP contribution < -0.4 is 15.4 Å². The van der Waals surface area contributed by atoms with Crippen LogP contribution in [0.15, 0.2) is 28.7 Å². The molecule has 1 fully saturated rings. The van der Waals surface area contributed by atoms with Crippen molar-refractivity contribution < 1.29 is 9.15 Å². The van der Waals surface area contributed by atoms with Gasteiger partial charge in [-0.1, -0.05) is 11.2 Å². The summed E-state index contributed by atoms with van der Waals surface area (Å²) in [5.74, 6) is 1.28. The summed E-state index contributed by atoms with van der Waals surface area (Å²) in [6.07, 6.45) is 2.36. The molecule has 6 heteroatoms. The first-order valence-electron chi connectivity index (χ1n) is 6.88. The lowest BCUT2D eigenvalue weighted by molar-refractivity contribution is 0.328. The zero-order valence-corrected chi connectivity index (χ0v) is 11.3. The van der Waals surface area contributed by atoms with E-state index < -0.39 is 0 Å². The first-order chi connectivity index (χ1) is 9.86. The average molecular weight is 274 g/mol. The molecule has 0 unspecified atom stereocenters. The summed E-state index contributed by atoms with van der Waals surface area (Å²) in [6, 6.07) is 8.21. The maximum Gasteiger partial charge on any atom is 0.318 e. The van der Waals surface area contributed by atoms with Crippen LogP contribution in [0.1, 0.15) is 12.8 Å². The Kier molecular flexibility index (Phi) is 3.83. The highest BCUT2D eigenvalue weighted by Gasteiger charge is 2.18. The number of anilines is 1. The minimum atomic E-state index is 0.490. The summed E-state index contributed by atoms with van der Waals surface area (Å²) in [5, 5.41) is 8.23. The zero-order chi connectivity index (χ0) is 13.8. The van der Waals surface area contributed by atoms with Crippen LogP contribution in [0, 0.1) is 0 Å². The topological polar surface area (TPSA) is 77.4 Å². The van der Waals surface area contributed by atoms with Crippen molar-refractivity contribution in [3.05, 3.63) is 24.3 Å². The van der Waals surface area contributed by atoms with Crippen molar-refractivity contribution in [3.63, 3.8) is 0 Å². The fourth-order valence-corrected chi connectivity index (χ4v) is 2.26. The number of nitrogens with two attached hydrogens (primary N) is 1. The van der Waals surface area contributed by atoms with E-state index in [9.17, 15) is 0 Å². The summed E-state index contributed by atoms with van der Waals surface area (Å²) in [7, 11) is 0. The lowest BCUT2D eigenvalue weighted by Gasteiger charge is -2.09. The van der Waals surface area contributed by atoms with E-state index in [1.165, 1.54) is 12.8 Å². The third-order valence-corrected chi connectivity index (χ3v) is 3.26. The molecule has 1 aliphatic rings. The van der Waals surface area contributed by atoms with E-state index in [2.05, 4.69) is 15.1 Å². The first kappa shape index (κ1) is 12.9. The Bertz CT molecular complexity index is 564. The van der Waals surface area contributed by atoms with Gasteiger partial charge >= 0.3 is 6.01 Å². The second-order valence-corrected chi connectivity index (χ2v) is 4.75. The molecule has 2 heterocycles. The van der Waals surface area contributed by atoms with Crippen molar-refractivity contribution in [2.24, 2.45) is 5.73 Å². The van der Waals surface area contributed by atoms with Crippen molar-refractivity contribution >= 4 is 6.01 Å². The smallest absolute Gasteiger partial charge is 0.318 e. The van der Waals surface area contributed by atoms with E-state index in [1.54, 1.807) is 0 Å². The van der Waals surface area contributed by atoms with Gasteiger partial charge in [-0.2, -0.15) is 0 Å². The van der Waals surface area contributed by atoms with Crippen LogP contribution in [0.4, 0.5) is 6.01 Å². The first-order valence-corrected chi connectivity index (χ1v) is 6.88. The summed E-state index contributed by atoms with van der Waals surface area (Å²) in [6.45, 7) is 2.96. The average Bonchev–Trinajstić information content (AvgIpc) is 3.15. The molecule has 0 amide bonds. The lowest BCUT2D eigenvalue weighted by atomic mass is 10.2. The molecule has 106 valence electrons. The number of nitrogens with zero attached hydrogens (tertiary/aromatic N) is 3. The van der Waals surface area contributed by atoms with Gasteiger partial charge in [0.05, 0.1) is 0 Å².